The largest absolute Gasteiger partial charge is 2.00 e. The van der Waals surface area contributed by atoms with Gasteiger partial charge in [-0.15, -0.1) is 0 Å². The maximum absolute atomic E-state index is 4.81. The third kappa shape index (κ3) is 8.20. The van der Waals surface area contributed by atoms with Gasteiger partial charge in [0.1, 0.15) is 0 Å². The maximum Gasteiger partial charge on any atom is 2.00 e. The molecule has 0 spiro atoms. The van der Waals surface area contributed by atoms with Crippen molar-refractivity contribution in [1.29, 1.82) is 0 Å². The summed E-state index contributed by atoms with van der Waals surface area (Å²) in [5, 5.41) is 0. The van der Waals surface area contributed by atoms with Gasteiger partial charge in [0.15, 0.2) is 0 Å². The average molecular weight is 306 g/mol. The van der Waals surface area contributed by atoms with E-state index in [1.54, 1.807) is 0 Å². The SMILES string of the molecule is [S-]c1ccccc1.[S-]c1ccccc1.[Sr+2]. The van der Waals surface area contributed by atoms with E-state index in [0.717, 1.165) is 9.79 Å². The van der Waals surface area contributed by atoms with E-state index < -0.39 is 0 Å². The summed E-state index contributed by atoms with van der Waals surface area (Å²) < 4.78 is 0. The van der Waals surface area contributed by atoms with Gasteiger partial charge < -0.3 is 25.3 Å². The number of hydrogen-bond acceptors (Lipinski definition) is 2. The molecule has 0 aliphatic rings. The van der Waals surface area contributed by atoms with Crippen LogP contribution >= 0.6 is 0 Å². The molecule has 72 valence electrons. The summed E-state index contributed by atoms with van der Waals surface area (Å²) in [7, 11) is 0. The van der Waals surface area contributed by atoms with E-state index in [1.165, 1.54) is 0 Å². The predicted octanol–water partition coefficient (Wildman–Crippen LogP) is 2.80. The van der Waals surface area contributed by atoms with Crippen molar-refractivity contribution >= 4 is 70.7 Å². The number of benzene rings is 2. The second-order valence-corrected chi connectivity index (χ2v) is 3.57. The molecule has 0 radical (unpaired) electrons. The van der Waals surface area contributed by atoms with E-state index >= 15 is 0 Å². The smallest absolute Gasteiger partial charge is 0.780 e. The first-order valence-electron chi connectivity index (χ1n) is 4.23. The molecular weight excluding hydrogens is 296 g/mol. The Balaban J connectivity index is 0.000000245. The van der Waals surface area contributed by atoms with Gasteiger partial charge in [-0.1, -0.05) is 60.7 Å². The van der Waals surface area contributed by atoms with E-state index in [2.05, 4.69) is 0 Å². The van der Waals surface area contributed by atoms with E-state index in [4.69, 9.17) is 25.3 Å². The van der Waals surface area contributed by atoms with Gasteiger partial charge in [-0.25, -0.2) is 0 Å². The van der Waals surface area contributed by atoms with Gasteiger partial charge in [0.25, 0.3) is 0 Å². The summed E-state index contributed by atoms with van der Waals surface area (Å²) in [4.78, 5) is 1.81. The van der Waals surface area contributed by atoms with Gasteiger partial charge >= 0.3 is 45.5 Å². The zero-order valence-corrected chi connectivity index (χ0v) is 13.4. The van der Waals surface area contributed by atoms with Crippen molar-refractivity contribution in [2.75, 3.05) is 0 Å². The molecule has 0 saturated carbocycles. The van der Waals surface area contributed by atoms with Crippen LogP contribution in [0, 0.1) is 0 Å². The number of hydrogen-bond donors (Lipinski definition) is 0. The molecule has 0 fully saturated rings. The minimum Gasteiger partial charge on any atom is -0.780 e. The van der Waals surface area contributed by atoms with Crippen LogP contribution in [0.4, 0.5) is 0 Å². The van der Waals surface area contributed by atoms with Crippen molar-refractivity contribution in [3.63, 3.8) is 0 Å². The van der Waals surface area contributed by atoms with Crippen LogP contribution in [0.15, 0.2) is 70.5 Å². The van der Waals surface area contributed by atoms with Crippen molar-refractivity contribution in [3.05, 3.63) is 60.7 Å². The Kier molecular flexibility index (Phi) is 9.81. The Morgan fingerprint density at radius 2 is 0.800 bits per heavy atom. The Labute approximate surface area is 139 Å². The van der Waals surface area contributed by atoms with Gasteiger partial charge in [-0.2, -0.15) is 9.79 Å². The molecule has 0 bridgehead atoms. The fraction of sp³-hybridized carbons (Fsp3) is 0. The fourth-order valence-electron chi connectivity index (χ4n) is 0.841. The molecule has 0 nitrogen and oxygen atoms in total. The quantitative estimate of drug-likeness (QED) is 0.542. The zero-order chi connectivity index (χ0) is 10.2. The van der Waals surface area contributed by atoms with Gasteiger partial charge in [-0.05, 0) is 0 Å². The Morgan fingerprint density at radius 1 is 0.533 bits per heavy atom. The number of rotatable bonds is 0. The molecule has 0 amide bonds. The molecule has 0 aromatic heterocycles. The van der Waals surface area contributed by atoms with Crippen LogP contribution in [0.3, 0.4) is 0 Å². The van der Waals surface area contributed by atoms with Gasteiger partial charge in [-0.3, -0.25) is 0 Å². The minimum atomic E-state index is 0. The Morgan fingerprint density at radius 3 is 0.933 bits per heavy atom. The minimum absolute atomic E-state index is 0. The standard InChI is InChI=1S/2C6H6S.Sr/c2*7-6-4-2-1-3-5-6;/h2*1-5,7H;/q;;+2/p-2. The van der Waals surface area contributed by atoms with Crippen molar-refractivity contribution in [1.82, 2.24) is 0 Å². The molecule has 0 unspecified atom stereocenters. The molecule has 0 N–H and O–H groups in total. The molecular formula is C12H10S2Sr. The first-order valence-corrected chi connectivity index (χ1v) is 5.05. The van der Waals surface area contributed by atoms with Crippen LogP contribution in [-0.2, 0) is 25.3 Å². The predicted molar refractivity (Wildman–Crippen MR) is 69.9 cm³/mol. The second kappa shape index (κ2) is 9.58. The summed E-state index contributed by atoms with van der Waals surface area (Å²) in [5.41, 5.74) is 0. The van der Waals surface area contributed by atoms with E-state index in [9.17, 15) is 0 Å². The first-order chi connectivity index (χ1) is 6.79. The molecule has 3 heteroatoms. The Hall–Kier alpha value is 0.361. The summed E-state index contributed by atoms with van der Waals surface area (Å²) in [6.07, 6.45) is 0. The van der Waals surface area contributed by atoms with Crippen molar-refractivity contribution in [2.45, 2.75) is 9.79 Å². The molecule has 2 rings (SSSR count). The maximum atomic E-state index is 4.81. The first kappa shape index (κ1) is 15.4. The van der Waals surface area contributed by atoms with Crippen LogP contribution < -0.4 is 0 Å². The summed E-state index contributed by atoms with van der Waals surface area (Å²) in [5.74, 6) is 0. The molecule has 0 aliphatic carbocycles. The van der Waals surface area contributed by atoms with Gasteiger partial charge in [0, 0.05) is 0 Å². The third-order valence-corrected chi connectivity index (χ3v) is 2.03. The summed E-state index contributed by atoms with van der Waals surface area (Å²) in [6, 6.07) is 19.2. The zero-order valence-electron chi connectivity index (χ0n) is 8.30. The van der Waals surface area contributed by atoms with Crippen LogP contribution in [-0.4, -0.2) is 45.5 Å². The molecule has 0 aliphatic heterocycles. The van der Waals surface area contributed by atoms with Gasteiger partial charge in [0.2, 0.25) is 0 Å². The molecule has 0 saturated heterocycles. The second-order valence-electron chi connectivity index (χ2n) is 2.63. The molecule has 0 atom stereocenters. The normalized spacial score (nSPS) is 8.00. The fourth-order valence-corrected chi connectivity index (χ4v) is 1.16. The van der Waals surface area contributed by atoms with Crippen LogP contribution in [0.25, 0.3) is 0 Å². The van der Waals surface area contributed by atoms with Crippen molar-refractivity contribution in [3.8, 4) is 0 Å². The topological polar surface area (TPSA) is 0 Å². The molecule has 2 aromatic carbocycles. The van der Waals surface area contributed by atoms with Crippen LogP contribution in [0.5, 0.6) is 0 Å². The molecule has 2 aromatic rings. The van der Waals surface area contributed by atoms with E-state index in [0.29, 0.717) is 0 Å². The van der Waals surface area contributed by atoms with Crippen LogP contribution in [0.2, 0.25) is 0 Å². The van der Waals surface area contributed by atoms with E-state index in [1.807, 2.05) is 60.7 Å². The van der Waals surface area contributed by atoms with Crippen molar-refractivity contribution < 1.29 is 0 Å². The Bertz CT molecular complexity index is 311. The summed E-state index contributed by atoms with van der Waals surface area (Å²) >= 11 is 9.62. The third-order valence-electron chi connectivity index (χ3n) is 1.49. The van der Waals surface area contributed by atoms with Crippen LogP contribution in [0.1, 0.15) is 0 Å². The van der Waals surface area contributed by atoms with Gasteiger partial charge in [0.05, 0.1) is 0 Å². The average Bonchev–Trinajstić information content (AvgIpc) is 2.21. The van der Waals surface area contributed by atoms with E-state index in [-0.39, 0.29) is 45.5 Å². The summed E-state index contributed by atoms with van der Waals surface area (Å²) in [6.45, 7) is 0. The van der Waals surface area contributed by atoms with Crippen molar-refractivity contribution in [2.24, 2.45) is 0 Å². The molecule has 15 heavy (non-hydrogen) atoms. The monoisotopic (exact) mass is 306 g/mol. The molecule has 0 heterocycles.